The molecule has 0 spiro atoms. The molecule has 1 aromatic heterocycles. The van der Waals surface area contributed by atoms with E-state index < -0.39 is 10.0 Å². The molecule has 0 unspecified atom stereocenters. The van der Waals surface area contributed by atoms with Crippen LogP contribution in [0.4, 0.5) is 0 Å². The van der Waals surface area contributed by atoms with Gasteiger partial charge in [0.05, 0.1) is 4.34 Å². The van der Waals surface area contributed by atoms with E-state index in [9.17, 15) is 8.42 Å². The fraction of sp³-hybridized carbons (Fsp3) is 0.667. The van der Waals surface area contributed by atoms with E-state index >= 15 is 0 Å². The first-order valence-electron chi connectivity index (χ1n) is 6.30. The lowest BCUT2D eigenvalue weighted by Crippen LogP contribution is -2.39. The molecule has 1 fully saturated rings. The number of sulfonamides is 1. The maximum Gasteiger partial charge on any atom is 0.252 e. The fourth-order valence-electron chi connectivity index (χ4n) is 2.45. The Bertz CT molecular complexity index is 516. The van der Waals surface area contributed by atoms with Gasteiger partial charge in [0.15, 0.2) is 0 Å². The van der Waals surface area contributed by atoms with E-state index in [1.54, 1.807) is 10.4 Å². The highest BCUT2D eigenvalue weighted by atomic mass is 35.5. The summed E-state index contributed by atoms with van der Waals surface area (Å²) in [6.07, 6.45) is 4.02. The smallest absolute Gasteiger partial charge is 0.206 e. The van der Waals surface area contributed by atoms with Gasteiger partial charge in [-0.1, -0.05) is 24.4 Å². The molecule has 0 N–H and O–H groups in total. The van der Waals surface area contributed by atoms with Gasteiger partial charge in [0.2, 0.25) is 0 Å². The van der Waals surface area contributed by atoms with Crippen LogP contribution in [0.1, 0.15) is 31.2 Å². The van der Waals surface area contributed by atoms with Gasteiger partial charge in [-0.3, -0.25) is 0 Å². The molecule has 2 rings (SSSR count). The summed E-state index contributed by atoms with van der Waals surface area (Å²) in [5, 5.41) is 0. The Morgan fingerprint density at radius 1 is 1.42 bits per heavy atom. The summed E-state index contributed by atoms with van der Waals surface area (Å²) in [6, 6.07) is 1.74. The molecule has 0 aliphatic heterocycles. The Labute approximate surface area is 128 Å². The molecule has 108 valence electrons. The highest BCUT2D eigenvalue weighted by Gasteiger charge is 2.34. The lowest BCUT2D eigenvalue weighted by atomic mass is 10.2. The SMILES string of the molecule is Cc1cc(S(=O)(=O)N(CCCl)C2CCCC2)sc1Cl. The van der Waals surface area contributed by atoms with Crippen molar-refractivity contribution in [2.45, 2.75) is 42.9 Å². The van der Waals surface area contributed by atoms with Gasteiger partial charge in [0.1, 0.15) is 4.21 Å². The van der Waals surface area contributed by atoms with E-state index in [0.29, 0.717) is 21.0 Å². The van der Waals surface area contributed by atoms with Gasteiger partial charge in [-0.05, 0) is 31.4 Å². The van der Waals surface area contributed by atoms with Crippen LogP contribution in [0.5, 0.6) is 0 Å². The monoisotopic (exact) mass is 341 g/mol. The maximum atomic E-state index is 12.7. The first-order valence-corrected chi connectivity index (χ1v) is 9.47. The molecule has 7 heteroatoms. The van der Waals surface area contributed by atoms with Gasteiger partial charge < -0.3 is 0 Å². The second-order valence-electron chi connectivity index (χ2n) is 4.77. The number of alkyl halides is 1. The fourth-order valence-corrected chi connectivity index (χ4v) is 6.26. The van der Waals surface area contributed by atoms with Crippen molar-refractivity contribution in [3.63, 3.8) is 0 Å². The predicted octanol–water partition coefficient (Wildman–Crippen LogP) is 3.88. The van der Waals surface area contributed by atoms with E-state index in [2.05, 4.69) is 0 Å². The molecule has 1 aliphatic rings. The average molecular weight is 342 g/mol. The van der Waals surface area contributed by atoms with Crippen LogP contribution < -0.4 is 0 Å². The normalized spacial score (nSPS) is 17.5. The summed E-state index contributed by atoms with van der Waals surface area (Å²) >= 11 is 12.9. The maximum absolute atomic E-state index is 12.7. The van der Waals surface area contributed by atoms with Crippen molar-refractivity contribution < 1.29 is 8.42 Å². The Morgan fingerprint density at radius 3 is 2.53 bits per heavy atom. The molecule has 1 saturated carbocycles. The molecule has 0 aromatic carbocycles. The van der Waals surface area contributed by atoms with Crippen LogP contribution in [-0.4, -0.2) is 31.2 Å². The number of nitrogens with zero attached hydrogens (tertiary/aromatic N) is 1. The van der Waals surface area contributed by atoms with Crippen molar-refractivity contribution in [2.75, 3.05) is 12.4 Å². The molecule has 19 heavy (non-hydrogen) atoms. The van der Waals surface area contributed by atoms with Crippen molar-refractivity contribution >= 4 is 44.6 Å². The van der Waals surface area contributed by atoms with Gasteiger partial charge in [-0.25, -0.2) is 8.42 Å². The molecule has 3 nitrogen and oxygen atoms in total. The van der Waals surface area contributed by atoms with E-state index in [1.807, 2.05) is 6.92 Å². The zero-order chi connectivity index (χ0) is 14.0. The van der Waals surface area contributed by atoms with Crippen molar-refractivity contribution in [1.82, 2.24) is 4.31 Å². The Morgan fingerprint density at radius 2 is 2.05 bits per heavy atom. The van der Waals surface area contributed by atoms with E-state index in [1.165, 1.54) is 0 Å². The summed E-state index contributed by atoms with van der Waals surface area (Å²) in [6.45, 7) is 2.18. The summed E-state index contributed by atoms with van der Waals surface area (Å²) in [4.78, 5) is 0. The minimum atomic E-state index is -3.47. The summed E-state index contributed by atoms with van der Waals surface area (Å²) in [5.74, 6) is 0.313. The topological polar surface area (TPSA) is 37.4 Å². The van der Waals surface area contributed by atoms with E-state index in [-0.39, 0.29) is 6.04 Å². The first kappa shape index (κ1) is 15.6. The van der Waals surface area contributed by atoms with Gasteiger partial charge in [0.25, 0.3) is 10.0 Å². The van der Waals surface area contributed by atoms with Gasteiger partial charge in [0, 0.05) is 18.5 Å². The Balaban J connectivity index is 2.33. The van der Waals surface area contributed by atoms with Gasteiger partial charge >= 0.3 is 0 Å². The number of halogens is 2. The molecule has 1 heterocycles. The molecule has 0 bridgehead atoms. The molecular formula is C12H17Cl2NO2S2. The number of thiophene rings is 1. The third-order valence-electron chi connectivity index (χ3n) is 3.43. The van der Waals surface area contributed by atoms with Crippen LogP contribution in [0, 0.1) is 6.92 Å². The zero-order valence-corrected chi connectivity index (χ0v) is 13.9. The number of rotatable bonds is 5. The van der Waals surface area contributed by atoms with Gasteiger partial charge in [-0.15, -0.1) is 22.9 Å². The Hall–Kier alpha value is 0.190. The van der Waals surface area contributed by atoms with Crippen LogP contribution >= 0.6 is 34.5 Å². The third-order valence-corrected chi connectivity index (χ3v) is 7.56. The quantitative estimate of drug-likeness (QED) is 0.762. The minimum Gasteiger partial charge on any atom is -0.206 e. The van der Waals surface area contributed by atoms with Crippen LogP contribution in [0.3, 0.4) is 0 Å². The molecule has 0 atom stereocenters. The first-order chi connectivity index (χ1) is 8.96. The molecule has 1 aliphatic carbocycles. The van der Waals surface area contributed by atoms with E-state index in [4.69, 9.17) is 23.2 Å². The van der Waals surface area contributed by atoms with Crippen LogP contribution in [0.2, 0.25) is 4.34 Å². The molecule has 0 amide bonds. The average Bonchev–Trinajstić information content (AvgIpc) is 2.97. The second-order valence-corrected chi connectivity index (χ2v) is 8.91. The number of hydrogen-bond donors (Lipinski definition) is 0. The van der Waals surface area contributed by atoms with Crippen LogP contribution in [0.15, 0.2) is 10.3 Å². The lowest BCUT2D eigenvalue weighted by molar-refractivity contribution is 0.337. The second kappa shape index (κ2) is 6.31. The van der Waals surface area contributed by atoms with Crippen LogP contribution in [-0.2, 0) is 10.0 Å². The predicted molar refractivity (Wildman–Crippen MR) is 80.9 cm³/mol. The lowest BCUT2D eigenvalue weighted by Gasteiger charge is -2.26. The van der Waals surface area contributed by atoms with Gasteiger partial charge in [-0.2, -0.15) is 4.31 Å². The van der Waals surface area contributed by atoms with E-state index in [0.717, 1.165) is 42.6 Å². The van der Waals surface area contributed by atoms with Crippen molar-refractivity contribution in [2.24, 2.45) is 0 Å². The van der Waals surface area contributed by atoms with Crippen molar-refractivity contribution in [3.05, 3.63) is 16.0 Å². The number of hydrogen-bond acceptors (Lipinski definition) is 3. The highest BCUT2D eigenvalue weighted by Crippen LogP contribution is 2.35. The molecule has 1 aromatic rings. The van der Waals surface area contributed by atoms with Crippen molar-refractivity contribution in [1.29, 1.82) is 0 Å². The summed E-state index contributed by atoms with van der Waals surface area (Å²) < 4.78 is 27.8. The highest BCUT2D eigenvalue weighted by molar-refractivity contribution is 7.91. The Kier molecular flexibility index (Phi) is 5.17. The third kappa shape index (κ3) is 3.27. The summed E-state index contributed by atoms with van der Waals surface area (Å²) in [5.41, 5.74) is 0.808. The largest absolute Gasteiger partial charge is 0.252 e. The summed E-state index contributed by atoms with van der Waals surface area (Å²) in [7, 11) is -3.47. The van der Waals surface area contributed by atoms with Crippen LogP contribution in [0.25, 0.3) is 0 Å². The number of aryl methyl sites for hydroxylation is 1. The minimum absolute atomic E-state index is 0.0879. The molecular weight excluding hydrogens is 325 g/mol. The standard InChI is InChI=1S/C12H17Cl2NO2S2/c1-9-8-11(18-12(9)14)19(16,17)15(7-6-13)10-4-2-3-5-10/h8,10H,2-7H2,1H3. The molecule has 0 saturated heterocycles. The van der Waals surface area contributed by atoms with Crippen molar-refractivity contribution in [3.8, 4) is 0 Å². The molecule has 0 radical (unpaired) electrons. The zero-order valence-electron chi connectivity index (χ0n) is 10.7.